The van der Waals surface area contributed by atoms with Gasteiger partial charge in [0.25, 0.3) is 0 Å². The Bertz CT molecular complexity index is 213. The van der Waals surface area contributed by atoms with Gasteiger partial charge in [-0.1, -0.05) is 0 Å². The molecular weight excluding hydrogens is 1040 g/mol. The molecule has 58 heavy (non-hydrogen) atoms. The van der Waals surface area contributed by atoms with Gasteiger partial charge in [0.05, 0.1) is 0 Å². The Morgan fingerprint density at radius 1 is 0.0862 bits per heavy atom. The first-order valence-corrected chi connectivity index (χ1v) is 6.97. The summed E-state index contributed by atoms with van der Waals surface area (Å²) in [4.78, 5) is 0. The van der Waals surface area contributed by atoms with E-state index in [9.17, 15) is 0 Å². The normalized spacial score (nSPS) is 4.19. The van der Waals surface area contributed by atoms with E-state index in [-0.39, 0.29) is 650 Å². The van der Waals surface area contributed by atoms with E-state index >= 15 is 0 Å². The summed E-state index contributed by atoms with van der Waals surface area (Å²) in [7, 11) is -19.5. The first kappa shape index (κ1) is 208. The van der Waals surface area contributed by atoms with Gasteiger partial charge in [0.2, 0.25) is 0 Å². The second-order valence-electron chi connectivity index (χ2n) is 3.12. The Morgan fingerprint density at radius 3 is 0.0862 bits per heavy atom. The maximum absolute atomic E-state index is 7.17. The molecule has 0 saturated carbocycles. The third-order valence-corrected chi connectivity index (χ3v) is 0. The Labute approximate surface area is 827 Å². The minimum absolute atomic E-state index is 0. The van der Waals surface area contributed by atoms with Crippen LogP contribution in [0.25, 0.3) is 0 Å². The van der Waals surface area contributed by atoms with Gasteiger partial charge in [-0.25, -0.2) is 0 Å². The Morgan fingerprint density at radius 2 is 0.0862 bits per heavy atom. The predicted molar refractivity (Wildman–Crippen MR) is 269 cm³/mol. The topological polar surface area (TPSA) is 546 Å². The average molecular weight is 1080 g/mol. The van der Waals surface area contributed by atoms with Crippen molar-refractivity contribution in [3.05, 3.63) is 0 Å². The Hall–Kier alpha value is 21.5. The summed E-state index contributed by atoms with van der Waals surface area (Å²) in [5.74, 6) is 0. The van der Waals surface area contributed by atoms with Crippen LogP contribution in [-0.4, -0.2) is 852 Å². The average Bonchev–Trinajstić information content (AvgIpc) is 2.39. The molecule has 0 amide bonds. The summed E-state index contributed by atoms with van der Waals surface area (Å²) < 4.78 is 0. The van der Waals surface area contributed by atoms with Gasteiger partial charge in [-0.3, -0.25) is 0 Å². The van der Waals surface area contributed by atoms with Gasteiger partial charge >= 0.3 is 716 Å². The SMILES string of the molecule is OB(O)O.OB(O)O.OB(O)O.OB(O)O.OB(O)O.OB(O)O.OB(O)O.OB(O)O.OB(O)O.[NaH].[NaH].[NaH].[NaH].[NaH].[NaH].[NaH].[NaH].[NaH].[NaH].[NaH].[NaH].[NaH].[NaH].[NaH].[NaH].[NaH].[NaH].[NaH].[NaH].[NaH].[NaH]. The van der Waals surface area contributed by atoms with E-state index in [2.05, 4.69) is 0 Å². The molecule has 0 atom stereocenters. The summed E-state index contributed by atoms with van der Waals surface area (Å²) in [6, 6.07) is 0. The van der Waals surface area contributed by atoms with E-state index in [1.807, 2.05) is 0 Å². The van der Waals surface area contributed by atoms with Gasteiger partial charge in [0.15, 0.2) is 0 Å². The second-order valence-corrected chi connectivity index (χ2v) is 3.12. The molecule has 58 heteroatoms. The second kappa shape index (κ2) is 200. The molecule has 0 rings (SSSR count). The van der Waals surface area contributed by atoms with Gasteiger partial charge in [-0.05, 0) is 0 Å². The first-order chi connectivity index (χ1) is 15.6. The fourth-order valence-corrected chi connectivity index (χ4v) is 0. The van der Waals surface area contributed by atoms with Gasteiger partial charge in [-0.15, -0.1) is 0 Å². The Kier molecular flexibility index (Phi) is 720. The number of hydrogen-bond donors (Lipinski definition) is 27. The summed E-state index contributed by atoms with van der Waals surface area (Å²) in [5.41, 5.74) is 0. The van der Waals surface area contributed by atoms with Crippen molar-refractivity contribution in [3.63, 3.8) is 0 Å². The van der Waals surface area contributed by atoms with Crippen molar-refractivity contribution in [3.8, 4) is 0 Å². The summed E-state index contributed by atoms with van der Waals surface area (Å²) in [5, 5.41) is 193. The molecule has 0 aromatic rings. The van der Waals surface area contributed by atoms with Crippen LogP contribution < -0.4 is 0 Å². The van der Waals surface area contributed by atoms with Crippen molar-refractivity contribution in [2.45, 2.75) is 0 Å². The standard InChI is InChI=1S/9BH3O3.22Na.22H/c9*2-1(3)4;;;;;;;;;;;;;;;;;;;;;;;;;;;;;;;;;;;;;;;;;;;;/h9*2-4H;;;;;;;;;;;;;;;;;;;;;;;;;;;;;;;;;;;;;;;;;;;;. The van der Waals surface area contributed by atoms with Crippen LogP contribution in [0.5, 0.6) is 0 Å². The van der Waals surface area contributed by atoms with Crippen LogP contribution in [0.2, 0.25) is 0 Å². The molecule has 0 spiro atoms. The van der Waals surface area contributed by atoms with Crippen molar-refractivity contribution in [1.29, 1.82) is 0 Å². The molecular formula is H49B9Na22O27. The van der Waals surface area contributed by atoms with Gasteiger partial charge in [-0.2, -0.15) is 0 Å². The van der Waals surface area contributed by atoms with E-state index in [1.54, 1.807) is 0 Å². The van der Waals surface area contributed by atoms with Crippen LogP contribution in [0.3, 0.4) is 0 Å². The van der Waals surface area contributed by atoms with Crippen LogP contribution in [-0.2, 0) is 0 Å². The van der Waals surface area contributed by atoms with Crippen molar-refractivity contribution >= 4 is 716 Å². The predicted octanol–water partition coefficient (Wildman–Crippen LogP) is -32.7. The molecule has 27 nitrogen and oxygen atoms in total. The first-order valence-electron chi connectivity index (χ1n) is 6.97. The zero-order valence-electron chi connectivity index (χ0n) is 17.3. The van der Waals surface area contributed by atoms with Crippen LogP contribution in [0.4, 0.5) is 0 Å². The van der Waals surface area contributed by atoms with Crippen molar-refractivity contribution in [2.75, 3.05) is 0 Å². The van der Waals surface area contributed by atoms with Crippen molar-refractivity contribution in [1.82, 2.24) is 0 Å². The van der Waals surface area contributed by atoms with E-state index < -0.39 is 65.9 Å². The van der Waals surface area contributed by atoms with Crippen LogP contribution in [0.1, 0.15) is 0 Å². The molecule has 0 aliphatic rings. The van der Waals surface area contributed by atoms with E-state index in [0.717, 1.165) is 0 Å². The van der Waals surface area contributed by atoms with Crippen LogP contribution >= 0.6 is 0 Å². The third kappa shape index (κ3) is 981. The Balaban J connectivity index is -0.00000000466. The van der Waals surface area contributed by atoms with Gasteiger partial charge in [0, 0.05) is 0 Å². The fourth-order valence-electron chi connectivity index (χ4n) is 0. The van der Waals surface area contributed by atoms with E-state index in [4.69, 9.17) is 136 Å². The summed E-state index contributed by atoms with van der Waals surface area (Å²) in [6.07, 6.45) is 0. The summed E-state index contributed by atoms with van der Waals surface area (Å²) in [6.45, 7) is 0. The fraction of sp³-hybridized carbons (Fsp3) is 0. The van der Waals surface area contributed by atoms with E-state index in [0.29, 0.717) is 0 Å². The number of rotatable bonds is 0. The zero-order chi connectivity index (χ0) is 32.2. The molecule has 0 aromatic heterocycles. The molecule has 0 saturated heterocycles. The molecule has 0 fully saturated rings. The molecule has 0 aliphatic heterocycles. The molecule has 0 aliphatic carbocycles. The third-order valence-electron chi connectivity index (χ3n) is 0. The number of hydrogen-bond acceptors (Lipinski definition) is 27. The molecule has 260 valence electrons. The molecule has 0 bridgehead atoms. The summed E-state index contributed by atoms with van der Waals surface area (Å²) >= 11 is 0. The maximum atomic E-state index is 7.17. The molecule has 0 heterocycles. The quantitative estimate of drug-likeness (QED) is 0.100. The zero-order valence-corrected chi connectivity index (χ0v) is 17.3. The molecule has 0 radical (unpaired) electrons. The minimum atomic E-state index is -2.17. The monoisotopic (exact) mass is 1090 g/mol. The van der Waals surface area contributed by atoms with Gasteiger partial charge in [0.1, 0.15) is 0 Å². The molecule has 27 N–H and O–H groups in total. The van der Waals surface area contributed by atoms with E-state index in [1.165, 1.54) is 0 Å². The van der Waals surface area contributed by atoms with Crippen molar-refractivity contribution in [2.24, 2.45) is 0 Å². The molecule has 0 unspecified atom stereocenters. The van der Waals surface area contributed by atoms with Crippen LogP contribution in [0, 0.1) is 0 Å². The van der Waals surface area contributed by atoms with Crippen molar-refractivity contribution < 1.29 is 136 Å². The van der Waals surface area contributed by atoms with Gasteiger partial charge < -0.3 is 136 Å². The molecule has 0 aromatic carbocycles. The van der Waals surface area contributed by atoms with Crippen LogP contribution in [0.15, 0.2) is 0 Å².